The van der Waals surface area contributed by atoms with Gasteiger partial charge in [0.1, 0.15) is 17.0 Å². The quantitative estimate of drug-likeness (QED) is 0.785. The number of pyridine rings is 1. The number of hydrogen-bond donors (Lipinski definition) is 1. The Bertz CT molecular complexity index is 1040. The monoisotopic (exact) mass is 349 g/mol. The molecule has 1 aliphatic heterocycles. The molecule has 0 aliphatic carbocycles. The summed E-state index contributed by atoms with van der Waals surface area (Å²) in [5, 5.41) is 2.85. The van der Waals surface area contributed by atoms with Gasteiger partial charge in [0.25, 0.3) is 11.5 Å². The summed E-state index contributed by atoms with van der Waals surface area (Å²) in [6, 6.07) is 11.5. The number of aromatic nitrogens is 2. The highest BCUT2D eigenvalue weighted by atomic mass is 16.5. The summed E-state index contributed by atoms with van der Waals surface area (Å²) in [5.74, 6) is 0.673. The van der Waals surface area contributed by atoms with Gasteiger partial charge in [-0.15, -0.1) is 0 Å². The molecule has 1 aliphatic rings. The van der Waals surface area contributed by atoms with Gasteiger partial charge in [-0.05, 0) is 36.6 Å². The van der Waals surface area contributed by atoms with Crippen LogP contribution in [0.15, 0.2) is 53.6 Å². The van der Waals surface area contributed by atoms with Crippen LogP contribution in [0.25, 0.3) is 5.65 Å². The molecule has 0 saturated carbocycles. The van der Waals surface area contributed by atoms with Gasteiger partial charge in [0, 0.05) is 24.9 Å². The van der Waals surface area contributed by atoms with Crippen molar-refractivity contribution in [1.29, 1.82) is 0 Å². The van der Waals surface area contributed by atoms with Crippen LogP contribution in [-0.4, -0.2) is 28.4 Å². The molecule has 0 fully saturated rings. The number of carbonyl (C=O) groups excluding carboxylic acids is 1. The van der Waals surface area contributed by atoms with Crippen molar-refractivity contribution in [3.8, 4) is 5.75 Å². The summed E-state index contributed by atoms with van der Waals surface area (Å²) in [4.78, 5) is 29.3. The fraction of sp³-hybridized carbons (Fsp3) is 0.250. The molecular weight excluding hydrogens is 330 g/mol. The highest BCUT2D eigenvalue weighted by molar-refractivity contribution is 5.93. The molecule has 1 aromatic carbocycles. The zero-order chi connectivity index (χ0) is 18.1. The maximum Gasteiger partial charge on any atom is 0.270 e. The Morgan fingerprint density at radius 2 is 2.15 bits per heavy atom. The van der Waals surface area contributed by atoms with Gasteiger partial charge in [-0.25, -0.2) is 4.98 Å². The second-order valence-electron chi connectivity index (χ2n) is 6.61. The second kappa shape index (κ2) is 6.63. The van der Waals surface area contributed by atoms with Crippen LogP contribution in [0, 0.1) is 12.8 Å². The maximum absolute atomic E-state index is 12.6. The number of benzene rings is 1. The zero-order valence-corrected chi connectivity index (χ0v) is 14.4. The van der Waals surface area contributed by atoms with Gasteiger partial charge < -0.3 is 10.1 Å². The summed E-state index contributed by atoms with van der Waals surface area (Å²) in [6.07, 6.45) is 3.87. The molecule has 6 heteroatoms. The fourth-order valence-corrected chi connectivity index (χ4v) is 3.19. The van der Waals surface area contributed by atoms with Gasteiger partial charge in [-0.1, -0.05) is 24.3 Å². The Labute approximate surface area is 150 Å². The number of rotatable bonds is 3. The van der Waals surface area contributed by atoms with Crippen molar-refractivity contribution >= 4 is 11.6 Å². The van der Waals surface area contributed by atoms with E-state index in [1.165, 1.54) is 10.6 Å². The molecule has 0 saturated heterocycles. The summed E-state index contributed by atoms with van der Waals surface area (Å²) < 4.78 is 7.15. The minimum atomic E-state index is -0.405. The van der Waals surface area contributed by atoms with Crippen molar-refractivity contribution in [2.24, 2.45) is 5.92 Å². The van der Waals surface area contributed by atoms with E-state index in [4.69, 9.17) is 4.74 Å². The standard InChI is InChI=1S/C20H19N3O3/c1-13-6-7-18-21-10-16(20(25)23(18)11-13)19(24)22-9-14-8-15-4-2-3-5-17(15)26-12-14/h2-7,10-11,14H,8-9,12H2,1H3,(H,22,24). The smallest absolute Gasteiger partial charge is 0.270 e. The number of aryl methyl sites for hydroxylation is 1. The van der Waals surface area contributed by atoms with E-state index in [9.17, 15) is 9.59 Å². The number of nitrogens with zero attached hydrogens (tertiary/aromatic N) is 2. The maximum atomic E-state index is 12.6. The van der Waals surface area contributed by atoms with Crippen LogP contribution < -0.4 is 15.6 Å². The van der Waals surface area contributed by atoms with Crippen LogP contribution in [0.2, 0.25) is 0 Å². The third-order valence-corrected chi connectivity index (χ3v) is 4.60. The van der Waals surface area contributed by atoms with E-state index in [1.807, 2.05) is 37.3 Å². The van der Waals surface area contributed by atoms with E-state index in [0.29, 0.717) is 18.8 Å². The topological polar surface area (TPSA) is 72.7 Å². The molecule has 132 valence electrons. The van der Waals surface area contributed by atoms with Crippen LogP contribution in [0.1, 0.15) is 21.5 Å². The average molecular weight is 349 g/mol. The number of amides is 1. The lowest BCUT2D eigenvalue weighted by Crippen LogP contribution is -2.37. The highest BCUT2D eigenvalue weighted by Gasteiger charge is 2.21. The first-order chi connectivity index (χ1) is 12.6. The Kier molecular flexibility index (Phi) is 4.16. The van der Waals surface area contributed by atoms with Gasteiger partial charge in [0.2, 0.25) is 0 Å². The zero-order valence-electron chi connectivity index (χ0n) is 14.4. The first kappa shape index (κ1) is 16.3. The molecule has 0 radical (unpaired) electrons. The van der Waals surface area contributed by atoms with Gasteiger partial charge in [-0.2, -0.15) is 0 Å². The molecule has 2 aromatic heterocycles. The molecule has 0 bridgehead atoms. The predicted octanol–water partition coefficient (Wildman–Crippen LogP) is 1.98. The lowest BCUT2D eigenvalue weighted by atomic mass is 9.97. The van der Waals surface area contributed by atoms with Crippen LogP contribution in [0.5, 0.6) is 5.75 Å². The summed E-state index contributed by atoms with van der Waals surface area (Å²) in [7, 11) is 0. The van der Waals surface area contributed by atoms with Crippen molar-refractivity contribution in [3.63, 3.8) is 0 Å². The molecule has 1 unspecified atom stereocenters. The van der Waals surface area contributed by atoms with E-state index in [2.05, 4.69) is 10.3 Å². The number of carbonyl (C=O) groups is 1. The third kappa shape index (κ3) is 3.06. The number of hydrogen-bond acceptors (Lipinski definition) is 4. The lowest BCUT2D eigenvalue weighted by Gasteiger charge is -2.25. The summed E-state index contributed by atoms with van der Waals surface area (Å²) in [6.45, 7) is 2.88. The van der Waals surface area contributed by atoms with Gasteiger partial charge in [0.05, 0.1) is 6.61 Å². The first-order valence-corrected chi connectivity index (χ1v) is 8.59. The molecule has 0 spiro atoms. The number of ether oxygens (including phenoxy) is 1. The average Bonchev–Trinajstić information content (AvgIpc) is 2.66. The molecule has 6 nitrogen and oxygen atoms in total. The molecule has 1 amide bonds. The van der Waals surface area contributed by atoms with Gasteiger partial charge >= 0.3 is 0 Å². The van der Waals surface area contributed by atoms with Crippen LogP contribution in [-0.2, 0) is 6.42 Å². The Morgan fingerprint density at radius 1 is 1.31 bits per heavy atom. The van der Waals surface area contributed by atoms with Crippen molar-refractivity contribution in [2.45, 2.75) is 13.3 Å². The molecular formula is C20H19N3O3. The normalized spacial score (nSPS) is 16.0. The molecule has 3 aromatic rings. The number of nitrogens with one attached hydrogen (secondary N) is 1. The summed E-state index contributed by atoms with van der Waals surface area (Å²) in [5.41, 5.74) is 2.28. The third-order valence-electron chi connectivity index (χ3n) is 4.60. The highest BCUT2D eigenvalue weighted by Crippen LogP contribution is 2.26. The number of fused-ring (bicyclic) bond motifs is 2. The molecule has 1 atom stereocenters. The van der Waals surface area contributed by atoms with Gasteiger partial charge in [-0.3, -0.25) is 14.0 Å². The van der Waals surface area contributed by atoms with Crippen molar-refractivity contribution < 1.29 is 9.53 Å². The van der Waals surface area contributed by atoms with Crippen LogP contribution in [0.3, 0.4) is 0 Å². The molecule has 4 rings (SSSR count). The van der Waals surface area contributed by atoms with Gasteiger partial charge in [0.15, 0.2) is 0 Å². The lowest BCUT2D eigenvalue weighted by molar-refractivity contribution is 0.0937. The fourth-order valence-electron chi connectivity index (χ4n) is 3.19. The van der Waals surface area contributed by atoms with Crippen LogP contribution in [0.4, 0.5) is 0 Å². The largest absolute Gasteiger partial charge is 0.493 e. The molecule has 3 heterocycles. The van der Waals surface area contributed by atoms with E-state index in [-0.39, 0.29) is 17.0 Å². The summed E-state index contributed by atoms with van der Waals surface area (Å²) >= 11 is 0. The van der Waals surface area contributed by atoms with E-state index in [0.717, 1.165) is 23.3 Å². The Hall–Kier alpha value is -3.15. The van der Waals surface area contributed by atoms with Crippen molar-refractivity contribution in [3.05, 3.63) is 75.8 Å². The van der Waals surface area contributed by atoms with Crippen molar-refractivity contribution in [2.75, 3.05) is 13.2 Å². The van der Waals surface area contributed by atoms with E-state index >= 15 is 0 Å². The second-order valence-corrected chi connectivity index (χ2v) is 6.61. The van der Waals surface area contributed by atoms with Crippen LogP contribution >= 0.6 is 0 Å². The Balaban J connectivity index is 1.48. The minimum Gasteiger partial charge on any atom is -0.493 e. The molecule has 1 N–H and O–H groups in total. The SMILES string of the molecule is Cc1ccc2ncc(C(=O)NCC3COc4ccccc4C3)c(=O)n2c1. The minimum absolute atomic E-state index is 0.0465. The van der Waals surface area contributed by atoms with E-state index in [1.54, 1.807) is 12.3 Å². The first-order valence-electron chi connectivity index (χ1n) is 8.59. The number of para-hydroxylation sites is 1. The Morgan fingerprint density at radius 3 is 3.04 bits per heavy atom. The molecule has 26 heavy (non-hydrogen) atoms. The van der Waals surface area contributed by atoms with Crippen molar-refractivity contribution in [1.82, 2.24) is 14.7 Å². The predicted molar refractivity (Wildman–Crippen MR) is 97.7 cm³/mol. The van der Waals surface area contributed by atoms with E-state index < -0.39 is 5.91 Å².